The first-order chi connectivity index (χ1) is 12.5. The summed E-state index contributed by atoms with van der Waals surface area (Å²) in [4.78, 5) is 38.1. The van der Waals surface area contributed by atoms with E-state index < -0.39 is 12.1 Å². The molecular weight excluding hydrogens is 356 g/mol. The molecule has 1 aromatic carbocycles. The topological polar surface area (TPSA) is 75.7 Å². The minimum Gasteiger partial charge on any atom is -0.449 e. The van der Waals surface area contributed by atoms with E-state index in [0.717, 1.165) is 32.1 Å². The zero-order chi connectivity index (χ0) is 18.7. The van der Waals surface area contributed by atoms with E-state index in [1.54, 1.807) is 24.0 Å². The Kier molecular flexibility index (Phi) is 5.81. The number of nitrogens with one attached hydrogen (secondary N) is 1. The van der Waals surface area contributed by atoms with Crippen LogP contribution in [0.5, 0.6) is 0 Å². The molecule has 1 saturated carbocycles. The second-order valence-electron chi connectivity index (χ2n) is 6.85. The lowest BCUT2D eigenvalue weighted by Crippen LogP contribution is -2.40. The van der Waals surface area contributed by atoms with Crippen molar-refractivity contribution in [3.05, 3.63) is 28.8 Å². The Balaban J connectivity index is 1.65. The molecule has 1 aliphatic heterocycles. The standard InChI is InChI=1S/C19H23ClN2O4/c1-12(18(24)21-14-5-2-3-6-14)26-19(25)13-8-9-15(20)16(11-13)22-10-4-7-17(22)23/h8-9,11-12,14H,2-7,10H2,1H3,(H,21,24)/t12-/m0/s1. The number of hydrogen-bond donors (Lipinski definition) is 1. The molecule has 2 aliphatic rings. The van der Waals surface area contributed by atoms with Crippen molar-refractivity contribution in [3.63, 3.8) is 0 Å². The van der Waals surface area contributed by atoms with Crippen LogP contribution in [0, 0.1) is 0 Å². The number of hydrogen-bond acceptors (Lipinski definition) is 4. The molecule has 1 aliphatic carbocycles. The van der Waals surface area contributed by atoms with Crippen LogP contribution in [-0.2, 0) is 14.3 Å². The molecule has 0 bridgehead atoms. The number of amides is 2. The van der Waals surface area contributed by atoms with Crippen molar-refractivity contribution in [1.29, 1.82) is 0 Å². The van der Waals surface area contributed by atoms with Crippen molar-refractivity contribution in [1.82, 2.24) is 5.32 Å². The molecule has 2 amide bonds. The van der Waals surface area contributed by atoms with Crippen LogP contribution in [0.25, 0.3) is 0 Å². The Hall–Kier alpha value is -2.08. The third-order valence-corrected chi connectivity index (χ3v) is 5.22. The molecule has 1 aromatic rings. The molecule has 3 rings (SSSR count). The van der Waals surface area contributed by atoms with Crippen LogP contribution in [0.1, 0.15) is 55.8 Å². The van der Waals surface area contributed by atoms with Gasteiger partial charge in [-0.3, -0.25) is 9.59 Å². The van der Waals surface area contributed by atoms with Crippen LogP contribution >= 0.6 is 11.6 Å². The molecule has 1 N–H and O–H groups in total. The molecule has 0 aromatic heterocycles. The minimum absolute atomic E-state index is 0.0123. The highest BCUT2D eigenvalue weighted by Gasteiger charge is 2.26. The average Bonchev–Trinajstić information content (AvgIpc) is 3.26. The molecule has 0 spiro atoms. The number of carbonyl (C=O) groups is 3. The largest absolute Gasteiger partial charge is 0.449 e. The number of esters is 1. The second kappa shape index (κ2) is 8.08. The predicted octanol–water partition coefficient (Wildman–Crippen LogP) is 3.07. The lowest BCUT2D eigenvalue weighted by Gasteiger charge is -2.19. The van der Waals surface area contributed by atoms with E-state index in [1.807, 2.05) is 0 Å². The predicted molar refractivity (Wildman–Crippen MR) is 98.3 cm³/mol. The highest BCUT2D eigenvalue weighted by atomic mass is 35.5. The summed E-state index contributed by atoms with van der Waals surface area (Å²) in [7, 11) is 0. The van der Waals surface area contributed by atoms with E-state index in [1.165, 1.54) is 6.07 Å². The summed E-state index contributed by atoms with van der Waals surface area (Å²) in [5, 5.41) is 3.32. The summed E-state index contributed by atoms with van der Waals surface area (Å²) in [6.45, 7) is 2.14. The fourth-order valence-electron chi connectivity index (χ4n) is 3.42. The SMILES string of the molecule is C[C@H](OC(=O)c1ccc(Cl)c(N2CCCC2=O)c1)C(=O)NC1CCCC1. The third kappa shape index (κ3) is 4.18. The Morgan fingerprint density at radius 3 is 2.65 bits per heavy atom. The molecule has 0 unspecified atom stereocenters. The van der Waals surface area contributed by atoms with Gasteiger partial charge in [-0.1, -0.05) is 24.4 Å². The zero-order valence-corrected chi connectivity index (χ0v) is 15.6. The minimum atomic E-state index is -0.879. The molecule has 1 saturated heterocycles. The Morgan fingerprint density at radius 1 is 1.27 bits per heavy atom. The van der Waals surface area contributed by atoms with Crippen molar-refractivity contribution in [2.45, 2.75) is 57.6 Å². The quantitative estimate of drug-likeness (QED) is 0.799. The van der Waals surface area contributed by atoms with Gasteiger partial charge in [0.2, 0.25) is 5.91 Å². The number of ether oxygens (including phenoxy) is 1. The van der Waals surface area contributed by atoms with Gasteiger partial charge in [-0.05, 0) is 44.4 Å². The zero-order valence-electron chi connectivity index (χ0n) is 14.8. The number of halogens is 1. The Labute approximate surface area is 157 Å². The molecule has 140 valence electrons. The average molecular weight is 379 g/mol. The number of rotatable bonds is 5. The monoisotopic (exact) mass is 378 g/mol. The van der Waals surface area contributed by atoms with Crippen molar-refractivity contribution in [3.8, 4) is 0 Å². The van der Waals surface area contributed by atoms with Gasteiger partial charge in [0.25, 0.3) is 5.91 Å². The van der Waals surface area contributed by atoms with E-state index in [4.69, 9.17) is 16.3 Å². The van der Waals surface area contributed by atoms with Crippen LogP contribution in [0.2, 0.25) is 5.02 Å². The molecule has 26 heavy (non-hydrogen) atoms. The summed E-state index contributed by atoms with van der Waals surface area (Å²) in [5.41, 5.74) is 0.774. The van der Waals surface area contributed by atoms with Crippen LogP contribution in [0.3, 0.4) is 0 Å². The van der Waals surface area contributed by atoms with E-state index in [-0.39, 0.29) is 23.4 Å². The van der Waals surface area contributed by atoms with E-state index in [2.05, 4.69) is 5.32 Å². The van der Waals surface area contributed by atoms with Crippen molar-refractivity contribution < 1.29 is 19.1 Å². The molecule has 6 nitrogen and oxygen atoms in total. The smallest absolute Gasteiger partial charge is 0.338 e. The second-order valence-corrected chi connectivity index (χ2v) is 7.26. The summed E-state index contributed by atoms with van der Waals surface area (Å²) < 4.78 is 5.30. The summed E-state index contributed by atoms with van der Waals surface area (Å²) in [6.07, 6.45) is 4.53. The highest BCUT2D eigenvalue weighted by molar-refractivity contribution is 6.34. The van der Waals surface area contributed by atoms with E-state index >= 15 is 0 Å². The first-order valence-corrected chi connectivity index (χ1v) is 9.45. The fourth-order valence-corrected chi connectivity index (χ4v) is 3.64. The van der Waals surface area contributed by atoms with Crippen molar-refractivity contribution >= 4 is 35.1 Å². The number of anilines is 1. The molecule has 1 atom stereocenters. The Morgan fingerprint density at radius 2 is 2.00 bits per heavy atom. The molecule has 7 heteroatoms. The van der Waals surface area contributed by atoms with Crippen LogP contribution in [0.15, 0.2) is 18.2 Å². The van der Waals surface area contributed by atoms with Crippen molar-refractivity contribution in [2.24, 2.45) is 0 Å². The fraction of sp³-hybridized carbons (Fsp3) is 0.526. The normalized spacial score (nSPS) is 18.8. The van der Waals surface area contributed by atoms with Gasteiger partial charge < -0.3 is 15.0 Å². The van der Waals surface area contributed by atoms with Gasteiger partial charge in [-0.15, -0.1) is 0 Å². The first-order valence-electron chi connectivity index (χ1n) is 9.07. The summed E-state index contributed by atoms with van der Waals surface area (Å²) in [5.74, 6) is -0.903. The highest BCUT2D eigenvalue weighted by Crippen LogP contribution is 2.30. The van der Waals surface area contributed by atoms with E-state index in [0.29, 0.717) is 23.7 Å². The van der Waals surface area contributed by atoms with Gasteiger partial charge in [0.1, 0.15) is 0 Å². The lowest BCUT2D eigenvalue weighted by molar-refractivity contribution is -0.129. The van der Waals surface area contributed by atoms with Crippen LogP contribution in [-0.4, -0.2) is 36.5 Å². The molecule has 1 heterocycles. The van der Waals surface area contributed by atoms with Crippen molar-refractivity contribution in [2.75, 3.05) is 11.4 Å². The third-order valence-electron chi connectivity index (χ3n) is 4.90. The van der Waals surface area contributed by atoms with Gasteiger partial charge in [-0.2, -0.15) is 0 Å². The van der Waals surface area contributed by atoms with Gasteiger partial charge >= 0.3 is 5.97 Å². The molecule has 0 radical (unpaired) electrons. The summed E-state index contributed by atoms with van der Waals surface area (Å²) in [6, 6.07) is 4.83. The number of benzene rings is 1. The molecule has 2 fully saturated rings. The van der Waals surface area contributed by atoms with Gasteiger partial charge in [0.05, 0.1) is 16.3 Å². The molecular formula is C19H23ClN2O4. The first kappa shape index (κ1) is 18.7. The van der Waals surface area contributed by atoms with Gasteiger partial charge in [0.15, 0.2) is 6.10 Å². The maximum absolute atomic E-state index is 12.4. The van der Waals surface area contributed by atoms with Gasteiger partial charge in [0, 0.05) is 19.0 Å². The van der Waals surface area contributed by atoms with Crippen LogP contribution in [0.4, 0.5) is 5.69 Å². The Bertz CT molecular complexity index is 715. The maximum Gasteiger partial charge on any atom is 0.338 e. The van der Waals surface area contributed by atoms with E-state index in [9.17, 15) is 14.4 Å². The lowest BCUT2D eigenvalue weighted by atomic mass is 10.2. The number of carbonyl (C=O) groups excluding carboxylic acids is 3. The maximum atomic E-state index is 12.4. The van der Waals surface area contributed by atoms with Crippen LogP contribution < -0.4 is 10.2 Å². The summed E-state index contributed by atoms with van der Waals surface area (Å²) >= 11 is 6.19. The number of nitrogens with zero attached hydrogens (tertiary/aromatic N) is 1. The van der Waals surface area contributed by atoms with Gasteiger partial charge in [-0.25, -0.2) is 4.79 Å².